The number of piperidine rings is 1. The predicted octanol–water partition coefficient (Wildman–Crippen LogP) is 3.17. The van der Waals surface area contributed by atoms with Crippen molar-refractivity contribution in [1.82, 2.24) is 10.3 Å². The fourth-order valence-electron chi connectivity index (χ4n) is 3.36. The van der Waals surface area contributed by atoms with E-state index in [1.54, 1.807) is 31.3 Å². The molecule has 2 aromatic rings. The third kappa shape index (κ3) is 2.89. The highest BCUT2D eigenvalue weighted by molar-refractivity contribution is 5.25. The van der Waals surface area contributed by atoms with Crippen LogP contribution in [0.5, 0.6) is 0 Å². The molecule has 3 unspecified atom stereocenters. The Morgan fingerprint density at radius 3 is 2.82 bits per heavy atom. The average molecular weight is 300 g/mol. The van der Waals surface area contributed by atoms with E-state index in [1.165, 1.54) is 6.07 Å². The highest BCUT2D eigenvalue weighted by atomic mass is 19.1. The molecule has 2 N–H and O–H groups in total. The van der Waals surface area contributed by atoms with Crippen LogP contribution in [0.1, 0.15) is 36.9 Å². The smallest absolute Gasteiger partial charge is 0.129 e. The summed E-state index contributed by atoms with van der Waals surface area (Å²) in [5.41, 5.74) is 0.317. The first-order chi connectivity index (χ1) is 10.6. The van der Waals surface area contributed by atoms with E-state index in [9.17, 15) is 9.50 Å². The van der Waals surface area contributed by atoms with Crippen LogP contribution in [0, 0.1) is 11.7 Å². The molecule has 3 rings (SSSR count). The van der Waals surface area contributed by atoms with Crippen LogP contribution < -0.4 is 5.32 Å². The standard InChI is InChI=1S/C18H21FN2O/c1-18(22,15-6-2-3-7-16(15)19)14-8-10-21-17(11-14)13-5-4-9-20-12-13/h2-7,9,12,14,17,21-22H,8,10-11H2,1H3. The highest BCUT2D eigenvalue weighted by Crippen LogP contribution is 2.40. The Labute approximate surface area is 130 Å². The number of nitrogens with one attached hydrogen (secondary N) is 1. The maximum absolute atomic E-state index is 14.1. The molecule has 0 spiro atoms. The van der Waals surface area contributed by atoms with Gasteiger partial charge in [0.15, 0.2) is 0 Å². The number of aromatic nitrogens is 1. The van der Waals surface area contributed by atoms with Gasteiger partial charge in [-0.3, -0.25) is 4.98 Å². The summed E-state index contributed by atoms with van der Waals surface area (Å²) in [5, 5.41) is 14.4. The van der Waals surface area contributed by atoms with Gasteiger partial charge in [-0.25, -0.2) is 4.39 Å². The van der Waals surface area contributed by atoms with Gasteiger partial charge in [0.05, 0.1) is 5.60 Å². The summed E-state index contributed by atoms with van der Waals surface area (Å²) in [6.07, 6.45) is 5.17. The Balaban J connectivity index is 1.84. The van der Waals surface area contributed by atoms with Gasteiger partial charge >= 0.3 is 0 Å². The van der Waals surface area contributed by atoms with E-state index in [0.29, 0.717) is 5.56 Å². The molecule has 116 valence electrons. The quantitative estimate of drug-likeness (QED) is 0.915. The van der Waals surface area contributed by atoms with E-state index in [-0.39, 0.29) is 17.8 Å². The van der Waals surface area contributed by atoms with E-state index >= 15 is 0 Å². The molecule has 3 atom stereocenters. The third-order valence-electron chi connectivity index (χ3n) is 4.70. The number of halogens is 1. The molecule has 0 bridgehead atoms. The molecule has 1 aliphatic heterocycles. The van der Waals surface area contributed by atoms with E-state index < -0.39 is 5.60 Å². The molecule has 4 heteroatoms. The van der Waals surface area contributed by atoms with Gasteiger partial charge in [-0.2, -0.15) is 0 Å². The molecule has 0 aliphatic carbocycles. The second kappa shape index (κ2) is 6.15. The zero-order valence-electron chi connectivity index (χ0n) is 12.7. The summed E-state index contributed by atoms with van der Waals surface area (Å²) < 4.78 is 14.1. The monoisotopic (exact) mass is 300 g/mol. The number of rotatable bonds is 3. The normalized spacial score (nSPS) is 24.7. The van der Waals surface area contributed by atoms with Crippen LogP contribution in [-0.4, -0.2) is 16.6 Å². The van der Waals surface area contributed by atoms with Crippen LogP contribution in [-0.2, 0) is 5.60 Å². The SMILES string of the molecule is CC(O)(c1ccccc1F)C1CCNC(c2cccnc2)C1. The van der Waals surface area contributed by atoms with Crippen molar-refractivity contribution in [2.24, 2.45) is 5.92 Å². The molecule has 1 aliphatic rings. The fraction of sp³-hybridized carbons (Fsp3) is 0.389. The van der Waals surface area contributed by atoms with Gasteiger partial charge in [0.25, 0.3) is 0 Å². The molecule has 0 saturated carbocycles. The highest BCUT2D eigenvalue weighted by Gasteiger charge is 2.38. The van der Waals surface area contributed by atoms with Crippen molar-refractivity contribution in [2.45, 2.75) is 31.4 Å². The average Bonchev–Trinajstić information content (AvgIpc) is 2.56. The number of pyridine rings is 1. The van der Waals surface area contributed by atoms with E-state index in [0.717, 1.165) is 24.9 Å². The molecule has 22 heavy (non-hydrogen) atoms. The van der Waals surface area contributed by atoms with Crippen molar-refractivity contribution in [3.8, 4) is 0 Å². The number of nitrogens with zero attached hydrogens (tertiary/aromatic N) is 1. The Bertz CT molecular complexity index is 630. The topological polar surface area (TPSA) is 45.1 Å². The van der Waals surface area contributed by atoms with Crippen molar-refractivity contribution in [3.63, 3.8) is 0 Å². The summed E-state index contributed by atoms with van der Waals surface area (Å²) in [6, 6.07) is 10.6. The Morgan fingerprint density at radius 2 is 2.09 bits per heavy atom. The van der Waals surface area contributed by atoms with Crippen LogP contribution in [0.4, 0.5) is 4.39 Å². The van der Waals surface area contributed by atoms with Gasteiger partial charge in [-0.05, 0) is 49.9 Å². The molecule has 3 nitrogen and oxygen atoms in total. The zero-order valence-corrected chi connectivity index (χ0v) is 12.7. The first-order valence-electron chi connectivity index (χ1n) is 7.69. The van der Waals surface area contributed by atoms with Gasteiger partial charge < -0.3 is 10.4 Å². The minimum atomic E-state index is -1.17. The van der Waals surface area contributed by atoms with E-state index in [4.69, 9.17) is 0 Å². The summed E-state index contributed by atoms with van der Waals surface area (Å²) in [4.78, 5) is 4.16. The molecule has 2 heterocycles. The second-order valence-corrected chi connectivity index (χ2v) is 6.14. The van der Waals surface area contributed by atoms with Crippen LogP contribution in [0.15, 0.2) is 48.8 Å². The van der Waals surface area contributed by atoms with Crippen LogP contribution >= 0.6 is 0 Å². The van der Waals surface area contributed by atoms with Gasteiger partial charge in [-0.1, -0.05) is 24.3 Å². The molecular weight excluding hydrogens is 279 g/mol. The maximum atomic E-state index is 14.1. The number of hydrogen-bond donors (Lipinski definition) is 2. The lowest BCUT2D eigenvalue weighted by molar-refractivity contribution is -0.0281. The fourth-order valence-corrected chi connectivity index (χ4v) is 3.36. The number of hydrogen-bond acceptors (Lipinski definition) is 3. The Hall–Kier alpha value is -1.78. The van der Waals surface area contributed by atoms with Gasteiger partial charge in [0, 0.05) is 24.0 Å². The molecular formula is C18H21FN2O. The van der Waals surface area contributed by atoms with Crippen molar-refractivity contribution in [3.05, 3.63) is 65.7 Å². The summed E-state index contributed by atoms with van der Waals surface area (Å²) in [5.74, 6) is -0.347. The van der Waals surface area contributed by atoms with Gasteiger partial charge in [0.1, 0.15) is 5.82 Å². The molecule has 1 saturated heterocycles. The van der Waals surface area contributed by atoms with Crippen LogP contribution in [0.3, 0.4) is 0 Å². The summed E-state index contributed by atoms with van der Waals surface area (Å²) in [7, 11) is 0. The first kappa shape index (κ1) is 15.1. The second-order valence-electron chi connectivity index (χ2n) is 6.14. The van der Waals surface area contributed by atoms with Crippen molar-refractivity contribution in [2.75, 3.05) is 6.54 Å². The van der Waals surface area contributed by atoms with Crippen molar-refractivity contribution in [1.29, 1.82) is 0 Å². The minimum Gasteiger partial charge on any atom is -0.385 e. The van der Waals surface area contributed by atoms with Gasteiger partial charge in [0.2, 0.25) is 0 Å². The molecule has 0 amide bonds. The van der Waals surface area contributed by atoms with E-state index in [1.807, 2.05) is 18.3 Å². The lowest BCUT2D eigenvalue weighted by atomic mass is 9.75. The summed E-state index contributed by atoms with van der Waals surface area (Å²) >= 11 is 0. The maximum Gasteiger partial charge on any atom is 0.129 e. The minimum absolute atomic E-state index is 0.00384. The Kier molecular flexibility index (Phi) is 4.23. The first-order valence-corrected chi connectivity index (χ1v) is 7.69. The lowest BCUT2D eigenvalue weighted by Gasteiger charge is -2.39. The lowest BCUT2D eigenvalue weighted by Crippen LogP contribution is -2.42. The number of aliphatic hydroxyl groups is 1. The summed E-state index contributed by atoms with van der Waals surface area (Å²) in [6.45, 7) is 2.52. The van der Waals surface area contributed by atoms with Crippen LogP contribution in [0.2, 0.25) is 0 Å². The van der Waals surface area contributed by atoms with Gasteiger partial charge in [-0.15, -0.1) is 0 Å². The molecule has 1 aromatic carbocycles. The molecule has 0 radical (unpaired) electrons. The van der Waals surface area contributed by atoms with Crippen molar-refractivity contribution < 1.29 is 9.50 Å². The zero-order chi connectivity index (χ0) is 15.6. The molecule has 1 aromatic heterocycles. The predicted molar refractivity (Wildman–Crippen MR) is 83.7 cm³/mol. The van der Waals surface area contributed by atoms with Crippen LogP contribution in [0.25, 0.3) is 0 Å². The number of benzene rings is 1. The van der Waals surface area contributed by atoms with Crippen molar-refractivity contribution >= 4 is 0 Å². The largest absolute Gasteiger partial charge is 0.385 e. The third-order valence-corrected chi connectivity index (χ3v) is 4.70. The Morgan fingerprint density at radius 1 is 1.27 bits per heavy atom. The van der Waals surface area contributed by atoms with E-state index in [2.05, 4.69) is 10.3 Å². The molecule has 1 fully saturated rings.